The Bertz CT molecular complexity index is 969. The van der Waals surface area contributed by atoms with Crippen LogP contribution >= 0.6 is 0 Å². The lowest BCUT2D eigenvalue weighted by Crippen LogP contribution is -2.49. The van der Waals surface area contributed by atoms with Crippen molar-refractivity contribution in [3.05, 3.63) is 60.2 Å². The maximum absolute atomic E-state index is 13.5. The maximum Gasteiger partial charge on any atom is 0.243 e. The van der Waals surface area contributed by atoms with E-state index in [-0.39, 0.29) is 29.4 Å². The molecule has 1 atom stereocenters. The van der Waals surface area contributed by atoms with E-state index in [4.69, 9.17) is 0 Å². The number of benzene rings is 2. The summed E-state index contributed by atoms with van der Waals surface area (Å²) in [6.07, 6.45) is 5.55. The summed E-state index contributed by atoms with van der Waals surface area (Å²) >= 11 is 0. The SMILES string of the molecule is C[C@@H]1Cc2ccccc2N1C(=O)CN(C1CCCCC1)S(=O)(=O)c1ccccc1. The first-order chi connectivity index (χ1) is 14.0. The Balaban J connectivity index is 1.65. The maximum atomic E-state index is 13.5. The van der Waals surface area contributed by atoms with Crippen LogP contribution in [-0.2, 0) is 21.2 Å². The third-order valence-electron chi connectivity index (χ3n) is 6.10. The third kappa shape index (κ3) is 3.96. The standard InChI is InChI=1S/C23H28N2O3S/c1-18-16-19-10-8-9-15-22(19)25(18)23(26)17-24(20-11-4-2-5-12-20)29(27,28)21-13-6-3-7-14-21/h3,6-10,13-15,18,20H,2,4-5,11-12,16-17H2,1H3/t18-/m1/s1. The number of amides is 1. The van der Waals surface area contributed by atoms with Crippen molar-refractivity contribution in [2.45, 2.75) is 62.4 Å². The molecule has 1 aliphatic heterocycles. The Morgan fingerprint density at radius 3 is 2.38 bits per heavy atom. The molecule has 5 nitrogen and oxygen atoms in total. The van der Waals surface area contributed by atoms with Gasteiger partial charge in [-0.3, -0.25) is 4.79 Å². The van der Waals surface area contributed by atoms with Crippen molar-refractivity contribution in [2.24, 2.45) is 0 Å². The molecule has 154 valence electrons. The van der Waals surface area contributed by atoms with E-state index in [0.29, 0.717) is 0 Å². The van der Waals surface area contributed by atoms with Crippen molar-refractivity contribution in [1.82, 2.24) is 4.31 Å². The van der Waals surface area contributed by atoms with Gasteiger partial charge in [-0.1, -0.05) is 55.7 Å². The molecule has 1 aliphatic carbocycles. The first-order valence-electron chi connectivity index (χ1n) is 10.5. The van der Waals surface area contributed by atoms with E-state index in [1.165, 1.54) is 4.31 Å². The second-order valence-corrected chi connectivity index (χ2v) is 9.99. The average Bonchev–Trinajstić information content (AvgIpc) is 3.08. The summed E-state index contributed by atoms with van der Waals surface area (Å²) in [6, 6.07) is 16.3. The lowest BCUT2D eigenvalue weighted by molar-refractivity contribution is -0.119. The molecule has 0 spiro atoms. The van der Waals surface area contributed by atoms with E-state index < -0.39 is 10.0 Å². The Hall–Kier alpha value is -2.18. The molecular formula is C23H28N2O3S. The summed E-state index contributed by atoms with van der Waals surface area (Å²) in [7, 11) is -3.73. The van der Waals surface area contributed by atoms with Crippen LogP contribution < -0.4 is 4.90 Å². The molecule has 29 heavy (non-hydrogen) atoms. The minimum absolute atomic E-state index is 0.0348. The molecule has 0 unspecified atom stereocenters. The van der Waals surface area contributed by atoms with Gasteiger partial charge in [0.1, 0.15) is 0 Å². The molecule has 0 aromatic heterocycles. The molecule has 6 heteroatoms. The fourth-order valence-electron chi connectivity index (χ4n) is 4.66. The largest absolute Gasteiger partial charge is 0.308 e. The number of para-hydroxylation sites is 1. The number of sulfonamides is 1. The Morgan fingerprint density at radius 2 is 1.66 bits per heavy atom. The van der Waals surface area contributed by atoms with Gasteiger partial charge in [0.05, 0.1) is 11.4 Å². The first-order valence-corrected chi connectivity index (χ1v) is 11.9. The lowest BCUT2D eigenvalue weighted by Gasteiger charge is -2.34. The Labute approximate surface area is 173 Å². The van der Waals surface area contributed by atoms with Crippen molar-refractivity contribution in [1.29, 1.82) is 0 Å². The fourth-order valence-corrected chi connectivity index (χ4v) is 6.32. The molecule has 0 N–H and O–H groups in total. The van der Waals surface area contributed by atoms with Crippen LogP contribution in [0.1, 0.15) is 44.6 Å². The molecule has 1 fully saturated rings. The van der Waals surface area contributed by atoms with Gasteiger partial charge in [-0.15, -0.1) is 0 Å². The molecule has 0 bridgehead atoms. The smallest absolute Gasteiger partial charge is 0.243 e. The second kappa shape index (κ2) is 8.28. The van der Waals surface area contributed by atoms with Gasteiger partial charge < -0.3 is 4.90 Å². The van der Waals surface area contributed by atoms with Gasteiger partial charge in [0.25, 0.3) is 0 Å². The van der Waals surface area contributed by atoms with Gasteiger partial charge in [0.2, 0.25) is 15.9 Å². The molecule has 1 heterocycles. The number of hydrogen-bond acceptors (Lipinski definition) is 3. The van der Waals surface area contributed by atoms with E-state index in [0.717, 1.165) is 49.8 Å². The number of carbonyl (C=O) groups is 1. The van der Waals surface area contributed by atoms with Gasteiger partial charge >= 0.3 is 0 Å². The number of nitrogens with zero attached hydrogens (tertiary/aromatic N) is 2. The van der Waals surface area contributed by atoms with Crippen LogP contribution in [-0.4, -0.2) is 37.3 Å². The van der Waals surface area contributed by atoms with Crippen LogP contribution in [0.5, 0.6) is 0 Å². The third-order valence-corrected chi connectivity index (χ3v) is 8.01. The zero-order chi connectivity index (χ0) is 20.4. The topological polar surface area (TPSA) is 57.7 Å². The molecule has 2 aromatic carbocycles. The van der Waals surface area contributed by atoms with Crippen molar-refractivity contribution in [3.8, 4) is 0 Å². The molecule has 2 aliphatic rings. The molecule has 2 aromatic rings. The molecule has 1 amide bonds. The predicted octanol–water partition coefficient (Wildman–Crippen LogP) is 3.99. The van der Waals surface area contributed by atoms with Gasteiger partial charge in [-0.05, 0) is 49.9 Å². The molecule has 4 rings (SSSR count). The van der Waals surface area contributed by atoms with Crippen molar-refractivity contribution in [3.63, 3.8) is 0 Å². The van der Waals surface area contributed by atoms with Gasteiger partial charge in [0, 0.05) is 17.8 Å². The summed E-state index contributed by atoms with van der Waals surface area (Å²) in [4.78, 5) is 15.4. The lowest BCUT2D eigenvalue weighted by atomic mass is 9.95. The second-order valence-electron chi connectivity index (χ2n) is 8.10. The van der Waals surface area contributed by atoms with Crippen LogP contribution in [0.25, 0.3) is 0 Å². The number of fused-ring (bicyclic) bond motifs is 1. The highest BCUT2D eigenvalue weighted by molar-refractivity contribution is 7.89. The highest BCUT2D eigenvalue weighted by Crippen LogP contribution is 2.33. The van der Waals surface area contributed by atoms with Crippen LogP contribution in [0.15, 0.2) is 59.5 Å². The van der Waals surface area contributed by atoms with Crippen LogP contribution in [0.3, 0.4) is 0 Å². The summed E-state index contributed by atoms with van der Waals surface area (Å²) in [5, 5.41) is 0. The highest BCUT2D eigenvalue weighted by Gasteiger charge is 2.37. The van der Waals surface area contributed by atoms with Crippen molar-refractivity contribution in [2.75, 3.05) is 11.4 Å². The molecule has 0 saturated heterocycles. The highest BCUT2D eigenvalue weighted by atomic mass is 32.2. The number of rotatable bonds is 5. The van der Waals surface area contributed by atoms with Crippen molar-refractivity contribution >= 4 is 21.6 Å². The fraction of sp³-hybridized carbons (Fsp3) is 0.435. The average molecular weight is 413 g/mol. The Kier molecular flexibility index (Phi) is 5.74. The minimum Gasteiger partial charge on any atom is -0.308 e. The first kappa shape index (κ1) is 20.1. The van der Waals surface area contributed by atoms with Crippen LogP contribution in [0, 0.1) is 0 Å². The summed E-state index contributed by atoms with van der Waals surface area (Å²) < 4.78 is 28.4. The number of carbonyl (C=O) groups excluding carboxylic acids is 1. The monoisotopic (exact) mass is 412 g/mol. The number of hydrogen-bond donors (Lipinski definition) is 0. The van der Waals surface area contributed by atoms with E-state index in [9.17, 15) is 13.2 Å². The van der Waals surface area contributed by atoms with E-state index in [1.807, 2.05) is 31.2 Å². The van der Waals surface area contributed by atoms with Gasteiger partial charge in [0.15, 0.2) is 0 Å². The zero-order valence-corrected chi connectivity index (χ0v) is 17.6. The molecule has 1 saturated carbocycles. The summed E-state index contributed by atoms with van der Waals surface area (Å²) in [5.74, 6) is -0.146. The Morgan fingerprint density at radius 1 is 1.00 bits per heavy atom. The van der Waals surface area contributed by atoms with Gasteiger partial charge in [-0.25, -0.2) is 8.42 Å². The molecular weight excluding hydrogens is 384 g/mol. The van der Waals surface area contributed by atoms with Crippen LogP contribution in [0.2, 0.25) is 0 Å². The van der Waals surface area contributed by atoms with Crippen molar-refractivity contribution < 1.29 is 13.2 Å². The van der Waals surface area contributed by atoms with E-state index >= 15 is 0 Å². The minimum atomic E-state index is -3.73. The summed E-state index contributed by atoms with van der Waals surface area (Å²) in [5.41, 5.74) is 2.05. The summed E-state index contributed by atoms with van der Waals surface area (Å²) in [6.45, 7) is 1.91. The number of anilines is 1. The predicted molar refractivity (Wildman–Crippen MR) is 114 cm³/mol. The van der Waals surface area contributed by atoms with E-state index in [2.05, 4.69) is 0 Å². The molecule has 0 radical (unpaired) electrons. The quantitative estimate of drug-likeness (QED) is 0.746. The normalized spacial score (nSPS) is 20.1. The zero-order valence-electron chi connectivity index (χ0n) is 16.8. The van der Waals surface area contributed by atoms with Gasteiger partial charge in [-0.2, -0.15) is 4.31 Å². The van der Waals surface area contributed by atoms with E-state index in [1.54, 1.807) is 35.2 Å². The van der Waals surface area contributed by atoms with Crippen LogP contribution in [0.4, 0.5) is 5.69 Å².